The normalized spacial score (nSPS) is 12.6. The molecule has 2 aliphatic rings. The van der Waals surface area contributed by atoms with Gasteiger partial charge in [-0.1, -0.05) is 97.1 Å². The predicted octanol–water partition coefficient (Wildman–Crippen LogP) is 7.00. The van der Waals surface area contributed by atoms with Gasteiger partial charge >= 0.3 is 12.2 Å². The van der Waals surface area contributed by atoms with Crippen LogP contribution in [0.15, 0.2) is 97.1 Å². The Morgan fingerprint density at radius 1 is 0.368 bits per heavy atom. The molecule has 0 unspecified atom stereocenters. The van der Waals surface area contributed by atoms with Crippen molar-refractivity contribution < 1.29 is 75.9 Å². The maximum absolute atomic E-state index is 12.7. The third-order valence-corrected chi connectivity index (χ3v) is 12.4. The Labute approximate surface area is 448 Å². The second-order valence-electron chi connectivity index (χ2n) is 17.7. The lowest BCUT2D eigenvalue weighted by Gasteiger charge is -2.19. The van der Waals surface area contributed by atoms with E-state index < -0.39 is 6.09 Å². The highest BCUT2D eigenvalue weighted by Crippen LogP contribution is 2.45. The van der Waals surface area contributed by atoms with Gasteiger partial charge < -0.3 is 76.5 Å². The summed E-state index contributed by atoms with van der Waals surface area (Å²) in [7, 11) is 1.71. The Bertz CT molecular complexity index is 2110. The summed E-state index contributed by atoms with van der Waals surface area (Å²) in [5.41, 5.74) is 9.57. The number of ether oxygens (including phenoxy) is 14. The Morgan fingerprint density at radius 2 is 0.632 bits per heavy atom. The second kappa shape index (κ2) is 37.7. The summed E-state index contributed by atoms with van der Waals surface area (Å²) in [5, 5.41) is 2.81. The Morgan fingerprint density at radius 3 is 0.947 bits per heavy atom. The van der Waals surface area contributed by atoms with E-state index in [4.69, 9.17) is 66.3 Å². The van der Waals surface area contributed by atoms with E-state index in [1.165, 1.54) is 49.4 Å². The summed E-state index contributed by atoms with van der Waals surface area (Å²) >= 11 is 0. The molecule has 2 aliphatic carbocycles. The minimum Gasteiger partial charge on any atom is -0.449 e. The van der Waals surface area contributed by atoms with Gasteiger partial charge in [-0.25, -0.2) is 9.59 Å². The lowest BCUT2D eigenvalue weighted by molar-refractivity contribution is -0.0284. The molecule has 18 heteroatoms. The lowest BCUT2D eigenvalue weighted by Crippen LogP contribution is -2.32. The van der Waals surface area contributed by atoms with Crippen molar-refractivity contribution in [3.8, 4) is 22.3 Å². The van der Waals surface area contributed by atoms with Crippen LogP contribution in [0.1, 0.15) is 40.5 Å². The molecule has 4 aromatic rings. The Hall–Kier alpha value is -5.06. The van der Waals surface area contributed by atoms with Gasteiger partial charge in [0, 0.05) is 38.6 Å². The molecule has 0 radical (unpaired) electrons. The van der Waals surface area contributed by atoms with Gasteiger partial charge in [0.15, 0.2) is 0 Å². The van der Waals surface area contributed by atoms with Crippen molar-refractivity contribution in [1.29, 1.82) is 0 Å². The molecular formula is C58H80N2O16. The molecule has 0 heterocycles. The molecule has 0 atom stereocenters. The van der Waals surface area contributed by atoms with Gasteiger partial charge in [0.25, 0.3) is 0 Å². The molecule has 4 aromatic carbocycles. The Balaban J connectivity index is 0.575. The quantitative estimate of drug-likeness (QED) is 0.0448. The number of carbonyl (C=O) groups is 2. The van der Waals surface area contributed by atoms with Gasteiger partial charge in [0.05, 0.1) is 152 Å². The number of fused-ring (bicyclic) bond motifs is 6. The van der Waals surface area contributed by atoms with E-state index in [1.807, 2.05) is 48.5 Å². The van der Waals surface area contributed by atoms with Gasteiger partial charge in [-0.3, -0.25) is 0 Å². The standard InChI is InChI=1S/C58H80N2O16/c1-60(58(62)76-46-56-53-17-8-4-13-49(53)50-14-5-9-18-54(50)56)20-22-64-24-26-66-28-30-68-32-34-70-36-38-72-40-42-74-44-43-73-41-39-71-37-35-69-33-31-67-29-27-65-25-23-63-21-10-19-59-57(61)75-45-55-51-15-6-2-11-47(51)48-12-3-7-16-52(48)55/h2-9,11-18,55-56H,10,19-46H2,1H3,(H,59,61). The molecule has 0 aliphatic heterocycles. The molecule has 18 nitrogen and oxygen atoms in total. The minimum atomic E-state index is -0.420. The SMILES string of the molecule is CN(CCOCCOCCOCCOCCOCCOCCOCCOCCOCCOCCOCCOCCCNC(=O)OCC1c2ccccc2-c2ccccc21)C(=O)OCC1c2ccccc2-c2ccccc21. The van der Waals surface area contributed by atoms with Crippen LogP contribution in [0, 0.1) is 0 Å². The van der Waals surface area contributed by atoms with Crippen LogP contribution in [-0.2, 0) is 66.3 Å². The van der Waals surface area contributed by atoms with E-state index in [-0.39, 0.29) is 17.9 Å². The van der Waals surface area contributed by atoms with Crippen LogP contribution in [0.25, 0.3) is 22.3 Å². The predicted molar refractivity (Wildman–Crippen MR) is 285 cm³/mol. The molecule has 6 rings (SSSR count). The number of hydrogen-bond acceptors (Lipinski definition) is 16. The van der Waals surface area contributed by atoms with Gasteiger partial charge in [0.1, 0.15) is 13.2 Å². The molecule has 2 amide bonds. The van der Waals surface area contributed by atoms with Crippen molar-refractivity contribution in [3.63, 3.8) is 0 Å². The van der Waals surface area contributed by atoms with Crippen LogP contribution >= 0.6 is 0 Å². The number of alkyl carbamates (subject to hydrolysis) is 1. The zero-order valence-corrected chi connectivity index (χ0v) is 44.4. The summed E-state index contributed by atoms with van der Waals surface area (Å²) in [5.74, 6) is 0.0729. The average Bonchev–Trinajstić information content (AvgIpc) is 3.96. The molecule has 418 valence electrons. The molecule has 0 spiro atoms. The molecule has 0 saturated carbocycles. The maximum Gasteiger partial charge on any atom is 0.409 e. The lowest BCUT2D eigenvalue weighted by atomic mass is 9.98. The van der Waals surface area contributed by atoms with E-state index in [9.17, 15) is 9.59 Å². The highest BCUT2D eigenvalue weighted by molar-refractivity contribution is 5.80. The van der Waals surface area contributed by atoms with Crippen molar-refractivity contribution in [1.82, 2.24) is 10.2 Å². The average molecular weight is 1060 g/mol. The molecule has 0 saturated heterocycles. The zero-order valence-electron chi connectivity index (χ0n) is 44.4. The van der Waals surface area contributed by atoms with Crippen molar-refractivity contribution in [3.05, 3.63) is 119 Å². The van der Waals surface area contributed by atoms with Crippen molar-refractivity contribution >= 4 is 12.2 Å². The van der Waals surface area contributed by atoms with E-state index in [0.29, 0.717) is 191 Å². The van der Waals surface area contributed by atoms with Crippen LogP contribution in [0.5, 0.6) is 0 Å². The third kappa shape index (κ3) is 22.1. The number of benzene rings is 4. The van der Waals surface area contributed by atoms with E-state index >= 15 is 0 Å². The highest BCUT2D eigenvalue weighted by Gasteiger charge is 2.30. The van der Waals surface area contributed by atoms with Crippen molar-refractivity contribution in [2.24, 2.45) is 0 Å². The first-order valence-electron chi connectivity index (χ1n) is 26.7. The van der Waals surface area contributed by atoms with Gasteiger partial charge in [-0.05, 0) is 50.9 Å². The van der Waals surface area contributed by atoms with E-state index in [0.717, 1.165) is 0 Å². The summed E-state index contributed by atoms with van der Waals surface area (Å²) < 4.78 is 77.9. The fourth-order valence-corrected chi connectivity index (χ4v) is 8.53. The van der Waals surface area contributed by atoms with Gasteiger partial charge in [-0.2, -0.15) is 0 Å². The van der Waals surface area contributed by atoms with Crippen LogP contribution in [-0.4, -0.2) is 209 Å². The molecule has 76 heavy (non-hydrogen) atoms. The van der Waals surface area contributed by atoms with Crippen LogP contribution in [0.2, 0.25) is 0 Å². The summed E-state index contributed by atoms with van der Waals surface area (Å²) in [6.45, 7) is 12.7. The van der Waals surface area contributed by atoms with Crippen LogP contribution in [0.3, 0.4) is 0 Å². The van der Waals surface area contributed by atoms with Crippen LogP contribution < -0.4 is 5.32 Å². The number of rotatable bonds is 44. The van der Waals surface area contributed by atoms with Crippen molar-refractivity contribution in [2.45, 2.75) is 18.3 Å². The number of amides is 2. The number of hydrogen-bond donors (Lipinski definition) is 1. The maximum atomic E-state index is 12.7. The smallest absolute Gasteiger partial charge is 0.409 e. The summed E-state index contributed by atoms with van der Waals surface area (Å²) in [4.78, 5) is 26.5. The third-order valence-electron chi connectivity index (χ3n) is 12.4. The number of nitrogens with one attached hydrogen (secondary N) is 1. The molecule has 1 N–H and O–H groups in total. The molecule has 0 fully saturated rings. The summed E-state index contributed by atoms with van der Waals surface area (Å²) in [6.07, 6.45) is -0.113. The molecule has 0 bridgehead atoms. The molecular weight excluding hydrogens is 981 g/mol. The topological polar surface area (TPSA) is 179 Å². The molecule has 0 aromatic heterocycles. The minimum absolute atomic E-state index is 0.0308. The monoisotopic (exact) mass is 1060 g/mol. The van der Waals surface area contributed by atoms with E-state index in [1.54, 1.807) is 7.05 Å². The largest absolute Gasteiger partial charge is 0.449 e. The summed E-state index contributed by atoms with van der Waals surface area (Å²) in [6, 6.07) is 33.1. The number of likely N-dealkylation sites (N-methyl/N-ethyl adjacent to an activating group) is 1. The first-order chi connectivity index (χ1) is 37.6. The highest BCUT2D eigenvalue weighted by atomic mass is 16.6. The fourth-order valence-electron chi connectivity index (χ4n) is 8.53. The second-order valence-corrected chi connectivity index (χ2v) is 17.7. The first kappa shape index (κ1) is 60.2. The number of nitrogens with zero attached hydrogens (tertiary/aromatic N) is 1. The first-order valence-corrected chi connectivity index (χ1v) is 26.7. The Kier molecular flexibility index (Phi) is 29.8. The fraction of sp³-hybridized carbons (Fsp3) is 0.552. The number of carbonyl (C=O) groups excluding carboxylic acids is 2. The van der Waals surface area contributed by atoms with Gasteiger partial charge in [-0.15, -0.1) is 0 Å². The van der Waals surface area contributed by atoms with Crippen LogP contribution in [0.4, 0.5) is 9.59 Å². The van der Waals surface area contributed by atoms with E-state index in [2.05, 4.69) is 53.8 Å². The van der Waals surface area contributed by atoms with Crippen molar-refractivity contribution in [2.75, 3.05) is 192 Å². The zero-order chi connectivity index (χ0) is 52.9. The van der Waals surface area contributed by atoms with Gasteiger partial charge in [0.2, 0.25) is 0 Å².